The fourth-order valence-electron chi connectivity index (χ4n) is 2.27. The van der Waals surface area contributed by atoms with E-state index in [-0.39, 0.29) is 23.5 Å². The lowest BCUT2D eigenvalue weighted by Gasteiger charge is -2.20. The lowest BCUT2D eigenvalue weighted by Crippen LogP contribution is -2.22. The van der Waals surface area contributed by atoms with E-state index < -0.39 is 4.92 Å². The molecule has 5 heteroatoms. The number of phenols is 1. The average molecular weight is 286 g/mol. The monoisotopic (exact) mass is 286 g/mol. The van der Waals surface area contributed by atoms with Gasteiger partial charge in [0, 0.05) is 24.2 Å². The highest BCUT2D eigenvalue weighted by Gasteiger charge is 2.14. The van der Waals surface area contributed by atoms with E-state index in [9.17, 15) is 15.2 Å². The summed E-state index contributed by atoms with van der Waals surface area (Å²) in [6.07, 6.45) is 0. The Morgan fingerprint density at radius 2 is 1.62 bits per heavy atom. The van der Waals surface area contributed by atoms with Crippen LogP contribution in [-0.2, 0) is 0 Å². The number of nitro benzene ring substituents is 1. The third kappa shape index (κ3) is 3.79. The first-order chi connectivity index (χ1) is 9.97. The van der Waals surface area contributed by atoms with E-state index in [0.717, 1.165) is 11.1 Å². The van der Waals surface area contributed by atoms with Gasteiger partial charge in [0.15, 0.2) is 0 Å². The number of hydrogen-bond acceptors (Lipinski definition) is 4. The Morgan fingerprint density at radius 1 is 1.05 bits per heavy atom. The van der Waals surface area contributed by atoms with Crippen molar-refractivity contribution in [3.05, 3.63) is 69.8 Å². The molecule has 0 fully saturated rings. The van der Waals surface area contributed by atoms with Gasteiger partial charge in [0.25, 0.3) is 5.69 Å². The Bertz CT molecular complexity index is 643. The number of hydrogen-bond donors (Lipinski definition) is 2. The smallest absolute Gasteiger partial charge is 0.269 e. The lowest BCUT2D eigenvalue weighted by molar-refractivity contribution is -0.384. The zero-order valence-corrected chi connectivity index (χ0v) is 12.0. The van der Waals surface area contributed by atoms with Gasteiger partial charge in [0.05, 0.1) is 4.92 Å². The molecule has 2 unspecified atom stereocenters. The van der Waals surface area contributed by atoms with Crippen molar-refractivity contribution in [1.29, 1.82) is 0 Å². The van der Waals surface area contributed by atoms with Crippen LogP contribution < -0.4 is 5.32 Å². The van der Waals surface area contributed by atoms with Gasteiger partial charge < -0.3 is 10.4 Å². The third-order valence-electron chi connectivity index (χ3n) is 3.45. The zero-order chi connectivity index (χ0) is 15.4. The van der Waals surface area contributed by atoms with E-state index in [1.54, 1.807) is 30.3 Å². The molecule has 0 saturated carbocycles. The van der Waals surface area contributed by atoms with Crippen LogP contribution in [-0.4, -0.2) is 10.0 Å². The van der Waals surface area contributed by atoms with Crippen molar-refractivity contribution in [3.8, 4) is 5.75 Å². The first kappa shape index (κ1) is 15.0. The van der Waals surface area contributed by atoms with Gasteiger partial charge in [-0.15, -0.1) is 0 Å². The summed E-state index contributed by atoms with van der Waals surface area (Å²) in [7, 11) is 0. The number of nitrogens with zero attached hydrogens (tertiary/aromatic N) is 1. The molecular formula is C16H18N2O3. The van der Waals surface area contributed by atoms with Gasteiger partial charge in [-0.3, -0.25) is 10.1 Å². The van der Waals surface area contributed by atoms with Crippen molar-refractivity contribution >= 4 is 5.69 Å². The molecule has 0 aromatic heterocycles. The van der Waals surface area contributed by atoms with Gasteiger partial charge in [-0.1, -0.05) is 24.3 Å². The third-order valence-corrected chi connectivity index (χ3v) is 3.45. The highest BCUT2D eigenvalue weighted by atomic mass is 16.6. The molecule has 0 spiro atoms. The van der Waals surface area contributed by atoms with Crippen LogP contribution in [0.1, 0.15) is 37.1 Å². The quantitative estimate of drug-likeness (QED) is 0.649. The number of benzene rings is 2. The number of rotatable bonds is 5. The van der Waals surface area contributed by atoms with Crippen LogP contribution in [0, 0.1) is 10.1 Å². The molecule has 0 radical (unpaired) electrons. The maximum absolute atomic E-state index is 10.8. The van der Waals surface area contributed by atoms with Crippen LogP contribution in [0.4, 0.5) is 5.69 Å². The van der Waals surface area contributed by atoms with Crippen molar-refractivity contribution < 1.29 is 10.0 Å². The Hall–Kier alpha value is -2.40. The topological polar surface area (TPSA) is 75.4 Å². The number of aromatic hydroxyl groups is 1. The minimum absolute atomic E-state index is 0.0198. The minimum atomic E-state index is -0.394. The van der Waals surface area contributed by atoms with E-state index in [0.29, 0.717) is 0 Å². The summed E-state index contributed by atoms with van der Waals surface area (Å²) in [6.45, 7) is 3.95. The molecular weight excluding hydrogens is 268 g/mol. The van der Waals surface area contributed by atoms with Crippen LogP contribution in [0.25, 0.3) is 0 Å². The van der Waals surface area contributed by atoms with Gasteiger partial charge in [-0.25, -0.2) is 0 Å². The van der Waals surface area contributed by atoms with E-state index in [4.69, 9.17) is 0 Å². The van der Waals surface area contributed by atoms with E-state index in [1.807, 2.05) is 26.0 Å². The van der Waals surface area contributed by atoms with Crippen molar-refractivity contribution in [2.75, 3.05) is 0 Å². The summed E-state index contributed by atoms with van der Waals surface area (Å²) in [4.78, 5) is 10.4. The second-order valence-corrected chi connectivity index (χ2v) is 5.06. The predicted molar refractivity (Wildman–Crippen MR) is 81.2 cm³/mol. The Kier molecular flexibility index (Phi) is 4.55. The summed E-state index contributed by atoms with van der Waals surface area (Å²) >= 11 is 0. The van der Waals surface area contributed by atoms with Crippen molar-refractivity contribution in [2.45, 2.75) is 25.9 Å². The average Bonchev–Trinajstić information content (AvgIpc) is 2.47. The number of nitro groups is 1. The second kappa shape index (κ2) is 6.37. The summed E-state index contributed by atoms with van der Waals surface area (Å²) < 4.78 is 0. The summed E-state index contributed by atoms with van der Waals surface area (Å²) in [5, 5.41) is 23.7. The first-order valence-electron chi connectivity index (χ1n) is 6.76. The van der Waals surface area contributed by atoms with Crippen LogP contribution in [0.3, 0.4) is 0 Å². The highest BCUT2D eigenvalue weighted by molar-refractivity contribution is 5.36. The SMILES string of the molecule is CC(NC(C)c1cccc([N+](=O)[O-])c1)c1cccc(O)c1. The van der Waals surface area contributed by atoms with E-state index in [2.05, 4.69) is 5.32 Å². The fraction of sp³-hybridized carbons (Fsp3) is 0.250. The molecule has 0 bridgehead atoms. The van der Waals surface area contributed by atoms with Crippen molar-refractivity contribution in [3.63, 3.8) is 0 Å². The van der Waals surface area contributed by atoms with Crippen molar-refractivity contribution in [2.24, 2.45) is 0 Å². The molecule has 2 aromatic carbocycles. The Labute approximate surface area is 123 Å². The number of non-ortho nitro benzene ring substituents is 1. The molecule has 0 aliphatic heterocycles. The molecule has 2 aromatic rings. The Morgan fingerprint density at radius 3 is 2.19 bits per heavy atom. The summed E-state index contributed by atoms with van der Waals surface area (Å²) in [5.41, 5.74) is 1.91. The fourth-order valence-corrected chi connectivity index (χ4v) is 2.27. The van der Waals surface area contributed by atoms with Gasteiger partial charge >= 0.3 is 0 Å². The van der Waals surface area contributed by atoms with Crippen molar-refractivity contribution in [1.82, 2.24) is 5.32 Å². The standard InChI is InChI=1S/C16H18N2O3/c1-11(13-5-3-7-15(9-13)18(20)21)17-12(2)14-6-4-8-16(19)10-14/h3-12,17,19H,1-2H3. The van der Waals surface area contributed by atoms with E-state index in [1.165, 1.54) is 6.07 Å². The van der Waals surface area contributed by atoms with Gasteiger partial charge in [0.2, 0.25) is 0 Å². The summed E-state index contributed by atoms with van der Waals surface area (Å²) in [5.74, 6) is 0.226. The largest absolute Gasteiger partial charge is 0.508 e. The molecule has 0 saturated heterocycles. The molecule has 0 aliphatic rings. The van der Waals surface area contributed by atoms with Gasteiger partial charge in [-0.05, 0) is 37.1 Å². The highest BCUT2D eigenvalue weighted by Crippen LogP contribution is 2.23. The number of nitrogens with one attached hydrogen (secondary N) is 1. The normalized spacial score (nSPS) is 13.6. The predicted octanol–water partition coefficient (Wildman–Crippen LogP) is 3.71. The molecule has 0 heterocycles. The molecule has 21 heavy (non-hydrogen) atoms. The maximum atomic E-state index is 10.8. The number of phenolic OH excluding ortho intramolecular Hbond substituents is 1. The lowest BCUT2D eigenvalue weighted by atomic mass is 10.0. The second-order valence-electron chi connectivity index (χ2n) is 5.06. The van der Waals surface area contributed by atoms with Crippen LogP contribution in [0.5, 0.6) is 5.75 Å². The molecule has 110 valence electrons. The molecule has 0 aliphatic carbocycles. The van der Waals surface area contributed by atoms with Crippen LogP contribution >= 0.6 is 0 Å². The van der Waals surface area contributed by atoms with Crippen LogP contribution in [0.15, 0.2) is 48.5 Å². The maximum Gasteiger partial charge on any atom is 0.269 e. The molecule has 2 N–H and O–H groups in total. The minimum Gasteiger partial charge on any atom is -0.508 e. The molecule has 0 amide bonds. The first-order valence-corrected chi connectivity index (χ1v) is 6.76. The Balaban J connectivity index is 2.12. The molecule has 5 nitrogen and oxygen atoms in total. The zero-order valence-electron chi connectivity index (χ0n) is 12.0. The molecule has 2 atom stereocenters. The van der Waals surface area contributed by atoms with E-state index >= 15 is 0 Å². The van der Waals surface area contributed by atoms with Gasteiger partial charge in [-0.2, -0.15) is 0 Å². The van der Waals surface area contributed by atoms with Gasteiger partial charge in [0.1, 0.15) is 5.75 Å². The summed E-state index contributed by atoms with van der Waals surface area (Å²) in [6, 6.07) is 13.6. The molecule has 2 rings (SSSR count). The van der Waals surface area contributed by atoms with Crippen LogP contribution in [0.2, 0.25) is 0 Å².